The summed E-state index contributed by atoms with van der Waals surface area (Å²) in [5.41, 5.74) is 1.19. The molecule has 3 aromatic rings. The van der Waals surface area contributed by atoms with Crippen molar-refractivity contribution in [2.24, 2.45) is 4.99 Å². The van der Waals surface area contributed by atoms with E-state index in [9.17, 15) is 9.59 Å². The minimum absolute atomic E-state index is 0.209. The molecule has 1 aromatic carbocycles. The number of para-hydroxylation sites is 1. The summed E-state index contributed by atoms with van der Waals surface area (Å²) in [6.45, 7) is 3.70. The van der Waals surface area contributed by atoms with Crippen molar-refractivity contribution in [2.45, 2.75) is 19.9 Å². The van der Waals surface area contributed by atoms with E-state index in [1.54, 1.807) is 39.2 Å². The van der Waals surface area contributed by atoms with Gasteiger partial charge >= 0.3 is 5.97 Å². The highest BCUT2D eigenvalue weighted by atomic mass is 79.9. The first-order valence-corrected chi connectivity index (χ1v) is 12.2. The number of carbonyl (C=O) groups is 1. The average Bonchev–Trinajstić information content (AvgIpc) is 3.32. The molecule has 0 bridgehead atoms. The number of methoxy groups -OCH3 is 1. The van der Waals surface area contributed by atoms with E-state index < -0.39 is 12.0 Å². The number of carbonyl (C=O) groups excluding carboxylic acids is 1. The standard InChI is InChI=1S/C24H24BrN3O5S/c1-6-32-23(30)19-13(2)26-24-28(20(19)15-9-7-8-10-17(15)31-5)21(29)18(34-24)12-14-11-16(25)22(33-14)27(3)4/h7-12,20H,6H2,1-5H3/b18-12+/t20-/m0/s1. The molecule has 0 unspecified atom stereocenters. The van der Waals surface area contributed by atoms with Crippen molar-refractivity contribution < 1.29 is 18.7 Å². The van der Waals surface area contributed by atoms with Gasteiger partial charge in [-0.3, -0.25) is 9.36 Å². The zero-order valence-electron chi connectivity index (χ0n) is 19.4. The van der Waals surface area contributed by atoms with E-state index >= 15 is 0 Å². The summed E-state index contributed by atoms with van der Waals surface area (Å²) < 4.78 is 19.5. The lowest BCUT2D eigenvalue weighted by atomic mass is 9.95. The predicted octanol–water partition coefficient (Wildman–Crippen LogP) is 3.23. The van der Waals surface area contributed by atoms with E-state index in [1.165, 1.54) is 15.9 Å². The Morgan fingerprint density at radius 1 is 1.35 bits per heavy atom. The molecular weight excluding hydrogens is 522 g/mol. The number of benzene rings is 1. The van der Waals surface area contributed by atoms with Gasteiger partial charge in [-0.1, -0.05) is 29.5 Å². The van der Waals surface area contributed by atoms with Gasteiger partial charge in [0.15, 0.2) is 4.80 Å². The number of aromatic nitrogens is 1. The number of thiazole rings is 1. The molecule has 10 heteroatoms. The van der Waals surface area contributed by atoms with Crippen molar-refractivity contribution in [1.29, 1.82) is 0 Å². The van der Waals surface area contributed by atoms with Crippen LogP contribution in [-0.4, -0.2) is 38.3 Å². The van der Waals surface area contributed by atoms with Crippen molar-refractivity contribution >= 4 is 45.2 Å². The van der Waals surface area contributed by atoms with E-state index in [1.807, 2.05) is 37.2 Å². The number of hydrogen-bond acceptors (Lipinski definition) is 8. The second-order valence-electron chi connectivity index (χ2n) is 7.74. The fourth-order valence-corrected chi connectivity index (χ4v) is 5.55. The number of ether oxygens (including phenoxy) is 2. The first kappa shape index (κ1) is 24.0. The summed E-state index contributed by atoms with van der Waals surface area (Å²) in [7, 11) is 5.29. The summed E-state index contributed by atoms with van der Waals surface area (Å²) >= 11 is 4.72. The molecule has 178 valence electrons. The first-order chi connectivity index (χ1) is 16.3. The van der Waals surface area contributed by atoms with Gasteiger partial charge in [0, 0.05) is 31.8 Å². The fourth-order valence-electron chi connectivity index (χ4n) is 3.86. The molecular formula is C24H24BrN3O5S. The molecule has 0 aliphatic carbocycles. The van der Waals surface area contributed by atoms with Crippen LogP contribution >= 0.6 is 27.3 Å². The summed E-state index contributed by atoms with van der Waals surface area (Å²) in [5.74, 6) is 1.21. The molecule has 0 fully saturated rings. The van der Waals surface area contributed by atoms with Crippen LogP contribution in [0.3, 0.4) is 0 Å². The van der Waals surface area contributed by atoms with Gasteiger partial charge in [-0.05, 0) is 35.8 Å². The molecule has 0 saturated heterocycles. The number of allylic oxidation sites excluding steroid dienone is 1. The van der Waals surface area contributed by atoms with Crippen molar-refractivity contribution in [1.82, 2.24) is 4.57 Å². The van der Waals surface area contributed by atoms with Crippen LogP contribution in [0.15, 0.2) is 60.3 Å². The van der Waals surface area contributed by atoms with Crippen LogP contribution in [-0.2, 0) is 9.53 Å². The third kappa shape index (κ3) is 4.23. The maximum absolute atomic E-state index is 13.7. The lowest BCUT2D eigenvalue weighted by Crippen LogP contribution is -2.40. The number of rotatable bonds is 6. The number of hydrogen-bond donors (Lipinski definition) is 0. The monoisotopic (exact) mass is 545 g/mol. The van der Waals surface area contributed by atoms with Crippen LogP contribution in [0.5, 0.6) is 5.75 Å². The summed E-state index contributed by atoms with van der Waals surface area (Å²) in [4.78, 5) is 33.6. The fraction of sp³-hybridized carbons (Fsp3) is 0.292. The average molecular weight is 546 g/mol. The maximum Gasteiger partial charge on any atom is 0.338 e. The topological polar surface area (TPSA) is 86.3 Å². The number of anilines is 1. The van der Waals surface area contributed by atoms with Crippen LogP contribution < -0.4 is 24.5 Å². The Balaban J connectivity index is 1.96. The Morgan fingerprint density at radius 2 is 2.09 bits per heavy atom. The van der Waals surface area contributed by atoms with Gasteiger partial charge in [-0.2, -0.15) is 0 Å². The Bertz CT molecular complexity index is 1460. The molecule has 2 aromatic heterocycles. The quantitative estimate of drug-likeness (QED) is 0.442. The molecule has 0 saturated carbocycles. The molecule has 0 radical (unpaired) electrons. The van der Waals surface area contributed by atoms with E-state index in [0.717, 1.165) is 4.47 Å². The predicted molar refractivity (Wildman–Crippen MR) is 134 cm³/mol. The van der Waals surface area contributed by atoms with Crippen LogP contribution in [0.25, 0.3) is 6.08 Å². The van der Waals surface area contributed by atoms with Crippen molar-refractivity contribution in [3.63, 3.8) is 0 Å². The zero-order chi connectivity index (χ0) is 24.6. The van der Waals surface area contributed by atoms with Crippen LogP contribution in [0.4, 0.5) is 5.88 Å². The molecule has 34 heavy (non-hydrogen) atoms. The molecule has 0 amide bonds. The third-order valence-corrected chi connectivity index (χ3v) is 6.87. The van der Waals surface area contributed by atoms with E-state index in [-0.39, 0.29) is 12.2 Å². The Morgan fingerprint density at radius 3 is 2.74 bits per heavy atom. The van der Waals surface area contributed by atoms with Crippen molar-refractivity contribution in [3.8, 4) is 5.75 Å². The van der Waals surface area contributed by atoms with E-state index in [0.29, 0.717) is 43.6 Å². The first-order valence-electron chi connectivity index (χ1n) is 10.6. The molecule has 1 aliphatic heterocycles. The molecule has 0 N–H and O–H groups in total. The van der Waals surface area contributed by atoms with Gasteiger partial charge in [-0.25, -0.2) is 9.79 Å². The molecule has 3 heterocycles. The van der Waals surface area contributed by atoms with Crippen molar-refractivity contribution in [2.75, 3.05) is 32.7 Å². The van der Waals surface area contributed by atoms with Crippen LogP contribution in [0, 0.1) is 0 Å². The molecule has 8 nitrogen and oxygen atoms in total. The number of halogens is 1. The lowest BCUT2D eigenvalue weighted by Gasteiger charge is -2.25. The highest BCUT2D eigenvalue weighted by molar-refractivity contribution is 9.10. The maximum atomic E-state index is 13.7. The highest BCUT2D eigenvalue weighted by Crippen LogP contribution is 2.35. The minimum Gasteiger partial charge on any atom is -0.496 e. The number of fused-ring (bicyclic) bond motifs is 1. The smallest absolute Gasteiger partial charge is 0.338 e. The minimum atomic E-state index is -0.741. The van der Waals surface area contributed by atoms with Gasteiger partial charge in [-0.15, -0.1) is 0 Å². The second kappa shape index (κ2) is 9.63. The SMILES string of the molecule is CCOC(=O)C1=C(C)N=c2s/c(=C/c3cc(Br)c(N(C)C)o3)c(=O)n2[C@H]1c1ccccc1OC. The number of esters is 1. The van der Waals surface area contributed by atoms with Gasteiger partial charge in [0.25, 0.3) is 5.56 Å². The highest BCUT2D eigenvalue weighted by Gasteiger charge is 2.35. The Kier molecular flexibility index (Phi) is 6.81. The molecule has 1 atom stereocenters. The summed E-state index contributed by atoms with van der Waals surface area (Å²) in [6.07, 6.45) is 1.68. The van der Waals surface area contributed by atoms with Gasteiger partial charge in [0.1, 0.15) is 17.6 Å². The zero-order valence-corrected chi connectivity index (χ0v) is 21.8. The van der Waals surface area contributed by atoms with E-state index in [2.05, 4.69) is 20.9 Å². The van der Waals surface area contributed by atoms with Gasteiger partial charge in [0.2, 0.25) is 5.88 Å². The lowest BCUT2D eigenvalue weighted by molar-refractivity contribution is -0.139. The number of nitrogens with zero attached hydrogens (tertiary/aromatic N) is 3. The molecule has 0 spiro atoms. The van der Waals surface area contributed by atoms with Crippen molar-refractivity contribution in [3.05, 3.63) is 77.1 Å². The third-order valence-electron chi connectivity index (χ3n) is 5.32. The normalized spacial score (nSPS) is 15.7. The Hall–Kier alpha value is -3.11. The summed E-state index contributed by atoms with van der Waals surface area (Å²) in [5, 5.41) is 0. The Labute approximate surface area is 208 Å². The summed E-state index contributed by atoms with van der Waals surface area (Å²) in [6, 6.07) is 8.38. The molecule has 4 rings (SSSR count). The number of furan rings is 1. The van der Waals surface area contributed by atoms with Crippen LogP contribution in [0.2, 0.25) is 0 Å². The van der Waals surface area contributed by atoms with Gasteiger partial charge in [0.05, 0.1) is 34.0 Å². The van der Waals surface area contributed by atoms with Crippen LogP contribution in [0.1, 0.15) is 31.2 Å². The van der Waals surface area contributed by atoms with Gasteiger partial charge < -0.3 is 18.8 Å². The molecule has 1 aliphatic rings. The largest absolute Gasteiger partial charge is 0.496 e. The second-order valence-corrected chi connectivity index (χ2v) is 9.60. The van der Waals surface area contributed by atoms with E-state index in [4.69, 9.17) is 13.9 Å².